The molecule has 0 atom stereocenters. The van der Waals surface area contributed by atoms with Gasteiger partial charge in [-0.25, -0.2) is 4.98 Å². The average Bonchev–Trinajstić information content (AvgIpc) is 3.27. The summed E-state index contributed by atoms with van der Waals surface area (Å²) in [6.07, 6.45) is 0.933. The minimum absolute atomic E-state index is 0.000100. The minimum Gasteiger partial charge on any atom is -0.301 e. The Kier molecular flexibility index (Phi) is 6.69. The van der Waals surface area contributed by atoms with Gasteiger partial charge in [0.2, 0.25) is 5.91 Å². The van der Waals surface area contributed by atoms with Gasteiger partial charge in [-0.15, -0.1) is 34.4 Å². The maximum Gasteiger partial charge on any atom is 0.236 e. The molecule has 0 saturated carbocycles. The molecule has 0 radical (unpaired) electrons. The number of carbonyl (C=O) groups is 1. The van der Waals surface area contributed by atoms with Crippen LogP contribution in [0.3, 0.4) is 0 Å². The highest BCUT2D eigenvalue weighted by Crippen LogP contribution is 2.29. The van der Waals surface area contributed by atoms with Gasteiger partial charge in [0.1, 0.15) is 0 Å². The fourth-order valence-electron chi connectivity index (χ4n) is 3.11. The summed E-state index contributed by atoms with van der Waals surface area (Å²) in [4.78, 5) is 21.7. The number of nitrogens with one attached hydrogen (secondary N) is 1. The monoisotopic (exact) mass is 449 g/mol. The van der Waals surface area contributed by atoms with Gasteiger partial charge < -0.3 is 5.32 Å². The van der Waals surface area contributed by atoms with E-state index in [0.29, 0.717) is 5.75 Å². The summed E-state index contributed by atoms with van der Waals surface area (Å²) < 4.78 is 0.787. The molecule has 0 unspecified atom stereocenters. The van der Waals surface area contributed by atoms with E-state index < -0.39 is 0 Å². The van der Waals surface area contributed by atoms with Crippen LogP contribution in [0, 0.1) is 0 Å². The van der Waals surface area contributed by atoms with E-state index in [2.05, 4.69) is 39.5 Å². The van der Waals surface area contributed by atoms with Gasteiger partial charge in [-0.05, 0) is 17.7 Å². The Morgan fingerprint density at radius 1 is 1.21 bits per heavy atom. The lowest BCUT2D eigenvalue weighted by Crippen LogP contribution is -2.29. The van der Waals surface area contributed by atoms with Crippen molar-refractivity contribution in [1.82, 2.24) is 9.88 Å². The molecule has 28 heavy (non-hydrogen) atoms. The average molecular weight is 450 g/mol. The fourth-order valence-corrected chi connectivity index (χ4v) is 6.20. The largest absolute Gasteiger partial charge is 0.301 e. The molecule has 1 aliphatic rings. The molecular weight excluding hydrogens is 430 g/mol. The number of fused-ring (bicyclic) bond motifs is 1. The molecule has 0 spiro atoms. The predicted octanol–water partition coefficient (Wildman–Crippen LogP) is 5.29. The smallest absolute Gasteiger partial charge is 0.236 e. The van der Waals surface area contributed by atoms with Crippen molar-refractivity contribution in [3.63, 3.8) is 0 Å². The van der Waals surface area contributed by atoms with Gasteiger partial charge in [-0.2, -0.15) is 0 Å². The minimum atomic E-state index is -0.000100. The van der Waals surface area contributed by atoms with Gasteiger partial charge in [0.05, 0.1) is 15.8 Å². The van der Waals surface area contributed by atoms with E-state index in [9.17, 15) is 4.79 Å². The highest BCUT2D eigenvalue weighted by molar-refractivity contribution is 7.99. The molecule has 1 N–H and O–H groups in total. The van der Waals surface area contributed by atoms with Crippen molar-refractivity contribution in [3.05, 3.63) is 67.8 Å². The Labute approximate surface area is 181 Å². The first-order valence-corrected chi connectivity index (χ1v) is 12.2. The zero-order chi connectivity index (χ0) is 19.3. The van der Waals surface area contributed by atoms with Crippen molar-refractivity contribution in [2.75, 3.05) is 17.6 Å². The molecule has 2 aromatic heterocycles. The Balaban J connectivity index is 1.27. The molecule has 0 fully saturated rings. The molecule has 146 valence electrons. The Morgan fingerprint density at radius 2 is 2.07 bits per heavy atom. The van der Waals surface area contributed by atoms with Crippen molar-refractivity contribution < 1.29 is 4.79 Å². The summed E-state index contributed by atoms with van der Waals surface area (Å²) >= 11 is 10.7. The number of rotatable bonds is 7. The topological polar surface area (TPSA) is 45.2 Å². The van der Waals surface area contributed by atoms with Gasteiger partial charge >= 0.3 is 0 Å². The summed E-state index contributed by atoms with van der Waals surface area (Å²) in [6.45, 7) is 2.84. The number of carbonyl (C=O) groups excluding carboxylic acids is 1. The maximum absolute atomic E-state index is 12.2. The van der Waals surface area contributed by atoms with Crippen molar-refractivity contribution in [2.24, 2.45) is 0 Å². The van der Waals surface area contributed by atoms with Crippen molar-refractivity contribution in [1.29, 1.82) is 0 Å². The van der Waals surface area contributed by atoms with Crippen LogP contribution < -0.4 is 5.32 Å². The molecule has 0 saturated heterocycles. The number of aromatic nitrogens is 1. The van der Waals surface area contributed by atoms with E-state index in [1.165, 1.54) is 15.3 Å². The molecule has 3 aromatic rings. The summed E-state index contributed by atoms with van der Waals surface area (Å²) in [5.74, 6) is 1.22. The fraction of sp³-hybridized carbons (Fsp3) is 0.300. The first-order valence-electron chi connectivity index (χ1n) is 9.02. The maximum atomic E-state index is 12.2. The van der Waals surface area contributed by atoms with Crippen LogP contribution in [0.15, 0.2) is 42.5 Å². The van der Waals surface area contributed by atoms with Gasteiger partial charge in [0.25, 0.3) is 0 Å². The van der Waals surface area contributed by atoms with E-state index in [0.717, 1.165) is 47.0 Å². The van der Waals surface area contributed by atoms with Gasteiger partial charge in [-0.1, -0.05) is 41.9 Å². The second kappa shape index (κ2) is 9.41. The van der Waals surface area contributed by atoms with E-state index in [-0.39, 0.29) is 5.91 Å². The van der Waals surface area contributed by atoms with Gasteiger partial charge in [0.15, 0.2) is 5.13 Å². The van der Waals surface area contributed by atoms with Crippen molar-refractivity contribution in [2.45, 2.75) is 25.3 Å². The second-order valence-corrected chi connectivity index (χ2v) is 10.5. The van der Waals surface area contributed by atoms with Crippen LogP contribution in [0.2, 0.25) is 4.34 Å². The van der Waals surface area contributed by atoms with Crippen LogP contribution in [-0.4, -0.2) is 28.1 Å². The van der Waals surface area contributed by atoms with Crippen LogP contribution in [0.1, 0.15) is 21.0 Å². The number of hydrogen-bond donors (Lipinski definition) is 1. The zero-order valence-electron chi connectivity index (χ0n) is 15.2. The summed E-state index contributed by atoms with van der Waals surface area (Å²) in [5, 5.41) is 3.68. The number of nitrogens with zero attached hydrogens (tertiary/aromatic N) is 2. The second-order valence-electron chi connectivity index (χ2n) is 6.58. The van der Waals surface area contributed by atoms with Crippen LogP contribution in [0.25, 0.3) is 0 Å². The van der Waals surface area contributed by atoms with E-state index >= 15 is 0 Å². The molecule has 3 heterocycles. The third-order valence-electron chi connectivity index (χ3n) is 4.41. The van der Waals surface area contributed by atoms with Crippen LogP contribution in [-0.2, 0) is 30.1 Å². The zero-order valence-corrected chi connectivity index (χ0v) is 18.4. The first kappa shape index (κ1) is 19.9. The number of anilines is 1. The lowest BCUT2D eigenvalue weighted by atomic mass is 10.1. The van der Waals surface area contributed by atoms with E-state index in [1.54, 1.807) is 34.4 Å². The van der Waals surface area contributed by atoms with Crippen molar-refractivity contribution in [3.8, 4) is 0 Å². The first-order chi connectivity index (χ1) is 13.7. The predicted molar refractivity (Wildman–Crippen MR) is 120 cm³/mol. The Hall–Kier alpha value is -1.38. The Morgan fingerprint density at radius 3 is 2.86 bits per heavy atom. The lowest BCUT2D eigenvalue weighted by molar-refractivity contribution is -0.113. The number of halogens is 1. The number of amides is 1. The normalized spacial score (nSPS) is 14.0. The van der Waals surface area contributed by atoms with E-state index in [1.807, 2.05) is 18.2 Å². The SMILES string of the molecule is O=C(CSCc1ccc(Cl)s1)Nc1nc2c(s1)CN(Cc1ccccc1)CC2. The van der Waals surface area contributed by atoms with Crippen LogP contribution >= 0.6 is 46.0 Å². The molecular formula is C20H20ClN3OS3. The molecule has 4 rings (SSSR count). The lowest BCUT2D eigenvalue weighted by Gasteiger charge is -2.25. The van der Waals surface area contributed by atoms with Crippen LogP contribution in [0.4, 0.5) is 5.13 Å². The number of thioether (sulfide) groups is 1. The molecule has 8 heteroatoms. The number of thiophene rings is 1. The summed E-state index contributed by atoms with van der Waals surface area (Å²) in [7, 11) is 0. The molecule has 1 aliphatic heterocycles. The van der Waals surface area contributed by atoms with Crippen LogP contribution in [0.5, 0.6) is 0 Å². The standard InChI is InChI=1S/C20H20ClN3OS3/c21-18-7-6-15(27-18)12-26-13-19(25)23-20-22-16-8-9-24(11-17(16)28-20)10-14-4-2-1-3-5-14/h1-7H,8-13H2,(H,22,23,25). The summed E-state index contributed by atoms with van der Waals surface area (Å²) in [5.41, 5.74) is 2.46. The highest BCUT2D eigenvalue weighted by atomic mass is 35.5. The van der Waals surface area contributed by atoms with Crippen molar-refractivity contribution >= 4 is 57.1 Å². The quantitative estimate of drug-likeness (QED) is 0.532. The van der Waals surface area contributed by atoms with E-state index in [4.69, 9.17) is 11.6 Å². The number of benzene rings is 1. The molecule has 0 bridgehead atoms. The molecule has 0 aliphatic carbocycles. The Bertz CT molecular complexity index is 941. The third kappa shape index (κ3) is 5.36. The molecule has 1 aromatic carbocycles. The number of hydrogen-bond acceptors (Lipinski definition) is 6. The summed E-state index contributed by atoms with van der Waals surface area (Å²) in [6, 6.07) is 14.4. The third-order valence-corrected chi connectivity index (χ3v) is 7.81. The molecule has 1 amide bonds. The van der Waals surface area contributed by atoms with Gasteiger partial charge in [0, 0.05) is 41.6 Å². The number of thiazole rings is 1. The molecule has 4 nitrogen and oxygen atoms in total. The highest BCUT2D eigenvalue weighted by Gasteiger charge is 2.21. The van der Waals surface area contributed by atoms with Gasteiger partial charge in [-0.3, -0.25) is 9.69 Å².